The van der Waals surface area contributed by atoms with Gasteiger partial charge in [0.25, 0.3) is 11.5 Å². The summed E-state index contributed by atoms with van der Waals surface area (Å²) < 4.78 is 5.18. The van der Waals surface area contributed by atoms with Gasteiger partial charge < -0.3 is 10.1 Å². The normalized spacial score (nSPS) is 9.95. The molecule has 19 heavy (non-hydrogen) atoms. The maximum absolute atomic E-state index is 11.8. The number of ether oxygens (including phenoxy) is 1. The lowest BCUT2D eigenvalue weighted by Gasteiger charge is -2.08. The van der Waals surface area contributed by atoms with E-state index in [0.29, 0.717) is 12.3 Å². The molecule has 98 valence electrons. The number of methoxy groups -OCH3 is 1. The molecule has 6 heteroatoms. The van der Waals surface area contributed by atoms with E-state index in [1.54, 1.807) is 7.11 Å². The summed E-state index contributed by atoms with van der Waals surface area (Å²) in [5, 5.41) is 8.57. The first kappa shape index (κ1) is 12.8. The van der Waals surface area contributed by atoms with Crippen molar-refractivity contribution in [2.75, 3.05) is 7.11 Å². The van der Waals surface area contributed by atoms with Gasteiger partial charge in [-0.25, -0.2) is 5.10 Å². The Morgan fingerprint density at radius 1 is 1.32 bits per heavy atom. The van der Waals surface area contributed by atoms with Gasteiger partial charge in [0.15, 0.2) is 0 Å². The second-order valence-corrected chi connectivity index (χ2v) is 3.80. The van der Waals surface area contributed by atoms with Gasteiger partial charge in [-0.3, -0.25) is 9.59 Å². The zero-order valence-corrected chi connectivity index (χ0v) is 10.3. The number of benzene rings is 1. The van der Waals surface area contributed by atoms with Crippen molar-refractivity contribution in [1.29, 1.82) is 0 Å². The molecule has 0 unspecified atom stereocenters. The average molecular weight is 259 g/mol. The van der Waals surface area contributed by atoms with Crippen LogP contribution in [0.3, 0.4) is 0 Å². The van der Waals surface area contributed by atoms with Crippen molar-refractivity contribution in [2.45, 2.75) is 6.54 Å². The molecular weight excluding hydrogens is 246 g/mol. The molecule has 0 aliphatic carbocycles. The molecule has 1 aromatic heterocycles. The number of hydrogen-bond acceptors (Lipinski definition) is 4. The molecule has 1 amide bonds. The van der Waals surface area contributed by atoms with Crippen molar-refractivity contribution in [1.82, 2.24) is 15.5 Å². The third-order valence-corrected chi connectivity index (χ3v) is 2.54. The second-order valence-electron chi connectivity index (χ2n) is 3.80. The van der Waals surface area contributed by atoms with Crippen molar-refractivity contribution in [3.63, 3.8) is 0 Å². The second kappa shape index (κ2) is 5.81. The van der Waals surface area contributed by atoms with Crippen LogP contribution >= 0.6 is 0 Å². The first-order valence-electron chi connectivity index (χ1n) is 5.66. The molecule has 1 heterocycles. The number of H-pyrrole nitrogens is 1. The Kier molecular flexibility index (Phi) is 3.92. The molecule has 0 aliphatic rings. The van der Waals surface area contributed by atoms with E-state index >= 15 is 0 Å². The highest BCUT2D eigenvalue weighted by molar-refractivity contribution is 5.91. The van der Waals surface area contributed by atoms with Gasteiger partial charge in [-0.15, -0.1) is 0 Å². The van der Waals surface area contributed by atoms with Gasteiger partial charge in [0.2, 0.25) is 0 Å². The fraction of sp³-hybridized carbons (Fsp3) is 0.154. The quantitative estimate of drug-likeness (QED) is 0.847. The molecule has 0 bridgehead atoms. The lowest BCUT2D eigenvalue weighted by atomic mass is 10.2. The summed E-state index contributed by atoms with van der Waals surface area (Å²) in [7, 11) is 1.57. The number of aromatic amines is 1. The van der Waals surface area contributed by atoms with Crippen LogP contribution < -0.4 is 15.6 Å². The molecule has 0 atom stereocenters. The van der Waals surface area contributed by atoms with Crippen LogP contribution in [0.4, 0.5) is 0 Å². The zero-order valence-electron chi connectivity index (χ0n) is 10.3. The standard InChI is InChI=1S/C13H13N3O3/c1-19-11-5-3-2-4-9(11)8-14-13(18)10-6-7-12(17)16-15-10/h2-7H,8H2,1H3,(H,14,18)(H,16,17). The summed E-state index contributed by atoms with van der Waals surface area (Å²) in [6, 6.07) is 10.0. The van der Waals surface area contributed by atoms with Crippen LogP contribution in [0, 0.1) is 0 Å². The minimum Gasteiger partial charge on any atom is -0.496 e. The molecule has 0 radical (unpaired) electrons. The maximum atomic E-state index is 11.8. The monoisotopic (exact) mass is 259 g/mol. The Bertz CT molecular complexity index is 617. The van der Waals surface area contributed by atoms with Crippen molar-refractivity contribution < 1.29 is 9.53 Å². The lowest BCUT2D eigenvalue weighted by molar-refractivity contribution is 0.0944. The summed E-state index contributed by atoms with van der Waals surface area (Å²) in [5.41, 5.74) is 0.679. The van der Waals surface area contributed by atoms with Gasteiger partial charge in [0.1, 0.15) is 11.4 Å². The van der Waals surface area contributed by atoms with E-state index in [1.165, 1.54) is 12.1 Å². The van der Waals surface area contributed by atoms with Crippen molar-refractivity contribution in [3.8, 4) is 5.75 Å². The third kappa shape index (κ3) is 3.19. The molecule has 2 aromatic rings. The Morgan fingerprint density at radius 2 is 2.11 bits per heavy atom. The summed E-state index contributed by atoms with van der Waals surface area (Å²) in [6.45, 7) is 0.323. The molecule has 0 spiro atoms. The van der Waals surface area contributed by atoms with E-state index in [9.17, 15) is 9.59 Å². The number of carbonyl (C=O) groups is 1. The van der Waals surface area contributed by atoms with Crippen LogP contribution in [0.15, 0.2) is 41.2 Å². The molecule has 0 fully saturated rings. The summed E-state index contributed by atoms with van der Waals surface area (Å²) in [4.78, 5) is 22.6. The van der Waals surface area contributed by atoms with Gasteiger partial charge in [-0.1, -0.05) is 18.2 Å². The largest absolute Gasteiger partial charge is 0.496 e. The van der Waals surface area contributed by atoms with Crippen LogP contribution in [0.5, 0.6) is 5.75 Å². The predicted molar refractivity (Wildman–Crippen MR) is 69.0 cm³/mol. The van der Waals surface area contributed by atoms with E-state index in [4.69, 9.17) is 4.74 Å². The smallest absolute Gasteiger partial charge is 0.271 e. The van der Waals surface area contributed by atoms with E-state index in [0.717, 1.165) is 5.56 Å². The third-order valence-electron chi connectivity index (χ3n) is 2.54. The highest BCUT2D eigenvalue weighted by Crippen LogP contribution is 2.16. The van der Waals surface area contributed by atoms with Gasteiger partial charge in [0.05, 0.1) is 7.11 Å². The fourth-order valence-corrected chi connectivity index (χ4v) is 1.59. The zero-order chi connectivity index (χ0) is 13.7. The highest BCUT2D eigenvalue weighted by atomic mass is 16.5. The van der Waals surface area contributed by atoms with Crippen LogP contribution in [0.1, 0.15) is 16.1 Å². The van der Waals surface area contributed by atoms with E-state index in [-0.39, 0.29) is 17.2 Å². The minimum atomic E-state index is -0.359. The van der Waals surface area contributed by atoms with Crippen LogP contribution in [-0.4, -0.2) is 23.2 Å². The SMILES string of the molecule is COc1ccccc1CNC(=O)c1ccc(=O)[nH]n1. The maximum Gasteiger partial charge on any atom is 0.271 e. The molecule has 0 saturated carbocycles. The molecular formula is C13H13N3O3. The molecule has 1 aromatic carbocycles. The predicted octanol–water partition coefficient (Wildman–Crippen LogP) is 0.708. The summed E-state index contributed by atoms with van der Waals surface area (Å²) in [5.74, 6) is 0.347. The topological polar surface area (TPSA) is 84.1 Å². The summed E-state index contributed by atoms with van der Waals surface area (Å²) in [6.07, 6.45) is 0. The molecule has 6 nitrogen and oxygen atoms in total. The Labute approximate surface area is 109 Å². The minimum absolute atomic E-state index is 0.162. The Hall–Kier alpha value is -2.63. The first-order chi connectivity index (χ1) is 9.20. The fourth-order valence-electron chi connectivity index (χ4n) is 1.59. The molecule has 0 aliphatic heterocycles. The number of carbonyl (C=O) groups excluding carboxylic acids is 1. The van der Waals surface area contributed by atoms with Gasteiger partial charge >= 0.3 is 0 Å². The highest BCUT2D eigenvalue weighted by Gasteiger charge is 2.08. The van der Waals surface area contributed by atoms with E-state index in [2.05, 4.69) is 15.5 Å². The number of nitrogens with zero attached hydrogens (tertiary/aromatic N) is 1. The van der Waals surface area contributed by atoms with E-state index < -0.39 is 0 Å². The Morgan fingerprint density at radius 3 is 2.79 bits per heavy atom. The number of aromatic nitrogens is 2. The Balaban J connectivity index is 2.04. The summed E-state index contributed by atoms with van der Waals surface area (Å²) >= 11 is 0. The number of nitrogens with one attached hydrogen (secondary N) is 2. The first-order valence-corrected chi connectivity index (χ1v) is 5.66. The number of para-hydroxylation sites is 1. The number of amides is 1. The molecule has 2 rings (SSSR count). The van der Waals surface area contributed by atoms with E-state index in [1.807, 2.05) is 24.3 Å². The average Bonchev–Trinajstić information content (AvgIpc) is 2.45. The molecule has 0 saturated heterocycles. The lowest BCUT2D eigenvalue weighted by Crippen LogP contribution is -2.25. The van der Waals surface area contributed by atoms with Crippen LogP contribution in [0.25, 0.3) is 0 Å². The van der Waals surface area contributed by atoms with Crippen molar-refractivity contribution >= 4 is 5.91 Å². The number of hydrogen-bond donors (Lipinski definition) is 2. The molecule has 2 N–H and O–H groups in total. The van der Waals surface area contributed by atoms with Gasteiger partial charge in [-0.2, -0.15) is 5.10 Å². The van der Waals surface area contributed by atoms with Gasteiger partial charge in [-0.05, 0) is 12.1 Å². The van der Waals surface area contributed by atoms with Crippen molar-refractivity contribution in [2.24, 2.45) is 0 Å². The van der Waals surface area contributed by atoms with Crippen LogP contribution in [-0.2, 0) is 6.54 Å². The van der Waals surface area contributed by atoms with Gasteiger partial charge in [0, 0.05) is 18.2 Å². The number of rotatable bonds is 4. The van der Waals surface area contributed by atoms with Crippen molar-refractivity contribution in [3.05, 3.63) is 58.0 Å². The van der Waals surface area contributed by atoms with Crippen LogP contribution in [0.2, 0.25) is 0 Å².